The molecule has 0 amide bonds. The Morgan fingerprint density at radius 1 is 1.29 bits per heavy atom. The van der Waals surface area contributed by atoms with E-state index >= 15 is 0 Å². The van der Waals surface area contributed by atoms with Gasteiger partial charge in [-0.05, 0) is 50.5 Å². The molecule has 28 heavy (non-hydrogen) atoms. The van der Waals surface area contributed by atoms with Crippen LogP contribution in [0, 0.1) is 19.8 Å². The second-order valence-electron chi connectivity index (χ2n) is 7.80. The molecule has 1 N–H and O–H groups in total. The van der Waals surface area contributed by atoms with Crippen molar-refractivity contribution in [1.82, 2.24) is 15.4 Å². The highest BCUT2D eigenvalue weighted by molar-refractivity contribution is 5.80. The second-order valence-corrected chi connectivity index (χ2v) is 7.80. The molecule has 152 valence electrons. The van der Waals surface area contributed by atoms with Crippen molar-refractivity contribution in [3.05, 3.63) is 52.9 Å². The molecule has 2 unspecified atom stereocenters. The summed E-state index contributed by atoms with van der Waals surface area (Å²) in [5, 5.41) is 7.61. The van der Waals surface area contributed by atoms with E-state index in [1.165, 1.54) is 24.0 Å². The van der Waals surface area contributed by atoms with Crippen molar-refractivity contribution >= 4 is 5.96 Å². The number of aromatic nitrogens is 1. The number of hydrogen-bond acceptors (Lipinski definition) is 3. The van der Waals surface area contributed by atoms with Crippen molar-refractivity contribution in [3.8, 4) is 0 Å². The number of aryl methyl sites for hydroxylation is 2. The lowest BCUT2D eigenvalue weighted by Crippen LogP contribution is -2.48. The van der Waals surface area contributed by atoms with Crippen LogP contribution in [0.25, 0.3) is 0 Å². The third-order valence-corrected chi connectivity index (χ3v) is 6.07. The predicted molar refractivity (Wildman–Crippen MR) is 115 cm³/mol. The van der Waals surface area contributed by atoms with Crippen molar-refractivity contribution in [2.45, 2.75) is 52.4 Å². The topological polar surface area (TPSA) is 53.7 Å². The van der Waals surface area contributed by atoms with E-state index < -0.39 is 0 Å². The third-order valence-electron chi connectivity index (χ3n) is 6.07. The van der Waals surface area contributed by atoms with Crippen LogP contribution >= 0.6 is 0 Å². The van der Waals surface area contributed by atoms with Gasteiger partial charge in [0.2, 0.25) is 0 Å². The lowest BCUT2D eigenvalue weighted by Gasteiger charge is -2.40. The van der Waals surface area contributed by atoms with E-state index in [0.29, 0.717) is 11.8 Å². The summed E-state index contributed by atoms with van der Waals surface area (Å²) in [6.45, 7) is 9.35. The Hall–Kier alpha value is -2.30. The van der Waals surface area contributed by atoms with Gasteiger partial charge >= 0.3 is 0 Å². The summed E-state index contributed by atoms with van der Waals surface area (Å²) in [5.41, 5.74) is 3.73. The van der Waals surface area contributed by atoms with Gasteiger partial charge in [-0.15, -0.1) is 0 Å². The zero-order chi connectivity index (χ0) is 19.9. The Bertz CT molecular complexity index is 749. The highest BCUT2D eigenvalue weighted by Gasteiger charge is 2.30. The molecule has 1 aliphatic heterocycles. The first kappa shape index (κ1) is 20.4. The minimum Gasteiger partial charge on any atom is -0.361 e. The summed E-state index contributed by atoms with van der Waals surface area (Å²) >= 11 is 0. The van der Waals surface area contributed by atoms with Crippen LogP contribution in [-0.4, -0.2) is 42.7 Å². The number of piperidine rings is 1. The first-order valence-corrected chi connectivity index (χ1v) is 10.6. The lowest BCUT2D eigenvalue weighted by molar-refractivity contribution is 0.215. The molecule has 2 heterocycles. The maximum atomic E-state index is 5.26. The maximum Gasteiger partial charge on any atom is 0.193 e. The Morgan fingerprint density at radius 3 is 2.71 bits per heavy atom. The Balaban J connectivity index is 1.52. The standard InChI is InChI=1S/C23H34N4O/c1-5-19-16-27(15-13-22(19)20-10-7-6-8-11-20)23(24-4)25-14-9-12-21-17(2)26-28-18(21)3/h6-8,10-11,19,22H,5,9,12-16H2,1-4H3,(H,24,25). The summed E-state index contributed by atoms with van der Waals surface area (Å²) in [5.74, 6) is 3.29. The van der Waals surface area contributed by atoms with Gasteiger partial charge in [-0.3, -0.25) is 4.99 Å². The highest BCUT2D eigenvalue weighted by atomic mass is 16.5. The summed E-state index contributed by atoms with van der Waals surface area (Å²) in [4.78, 5) is 6.98. The first-order chi connectivity index (χ1) is 13.6. The van der Waals surface area contributed by atoms with Gasteiger partial charge in [0, 0.05) is 32.2 Å². The Kier molecular flexibility index (Phi) is 7.12. The van der Waals surface area contributed by atoms with E-state index in [1.807, 2.05) is 20.9 Å². The van der Waals surface area contributed by atoms with Crippen molar-refractivity contribution in [1.29, 1.82) is 0 Å². The molecule has 2 atom stereocenters. The molecule has 1 saturated heterocycles. The molecule has 5 heteroatoms. The van der Waals surface area contributed by atoms with Crippen LogP contribution < -0.4 is 5.32 Å². The Labute approximate surface area is 169 Å². The molecule has 1 aliphatic rings. The second kappa shape index (κ2) is 9.76. The molecule has 0 radical (unpaired) electrons. The van der Waals surface area contributed by atoms with Crippen molar-refractivity contribution in [2.75, 3.05) is 26.7 Å². The van der Waals surface area contributed by atoms with E-state index in [4.69, 9.17) is 4.52 Å². The number of nitrogens with one attached hydrogen (secondary N) is 1. The summed E-state index contributed by atoms with van der Waals surface area (Å²) in [6.07, 6.45) is 4.40. The van der Waals surface area contributed by atoms with Gasteiger partial charge in [-0.25, -0.2) is 0 Å². The van der Waals surface area contributed by atoms with Crippen molar-refractivity contribution in [3.63, 3.8) is 0 Å². The number of guanidine groups is 1. The number of rotatable bonds is 6. The first-order valence-electron chi connectivity index (χ1n) is 10.6. The van der Waals surface area contributed by atoms with E-state index in [0.717, 1.165) is 49.9 Å². The van der Waals surface area contributed by atoms with E-state index in [2.05, 4.69) is 57.6 Å². The van der Waals surface area contributed by atoms with Gasteiger partial charge < -0.3 is 14.7 Å². The fourth-order valence-corrected chi connectivity index (χ4v) is 4.43. The lowest BCUT2D eigenvalue weighted by atomic mass is 9.79. The summed E-state index contributed by atoms with van der Waals surface area (Å²) in [6, 6.07) is 11.0. The molecule has 1 aromatic carbocycles. The molecular weight excluding hydrogens is 348 g/mol. The minimum atomic E-state index is 0.653. The van der Waals surface area contributed by atoms with Crippen LogP contribution in [0.2, 0.25) is 0 Å². The number of hydrogen-bond donors (Lipinski definition) is 1. The number of nitrogens with zero attached hydrogens (tertiary/aromatic N) is 3. The van der Waals surface area contributed by atoms with E-state index in [-0.39, 0.29) is 0 Å². The van der Waals surface area contributed by atoms with Gasteiger partial charge in [0.1, 0.15) is 5.76 Å². The number of likely N-dealkylation sites (tertiary alicyclic amines) is 1. The van der Waals surface area contributed by atoms with E-state index in [1.54, 1.807) is 0 Å². The molecule has 0 spiro atoms. The van der Waals surface area contributed by atoms with Crippen molar-refractivity contribution in [2.24, 2.45) is 10.9 Å². The van der Waals surface area contributed by atoms with Crippen LogP contribution in [0.3, 0.4) is 0 Å². The van der Waals surface area contributed by atoms with Gasteiger partial charge in [0.05, 0.1) is 5.69 Å². The third kappa shape index (κ3) is 4.75. The average Bonchev–Trinajstić information content (AvgIpc) is 3.06. The quantitative estimate of drug-likeness (QED) is 0.459. The summed E-state index contributed by atoms with van der Waals surface area (Å²) in [7, 11) is 1.89. The average molecular weight is 383 g/mol. The van der Waals surface area contributed by atoms with Crippen LogP contribution in [0.15, 0.2) is 39.8 Å². The van der Waals surface area contributed by atoms with Crippen LogP contribution in [0.5, 0.6) is 0 Å². The zero-order valence-electron chi connectivity index (χ0n) is 17.7. The fourth-order valence-electron chi connectivity index (χ4n) is 4.43. The largest absolute Gasteiger partial charge is 0.361 e. The van der Waals surface area contributed by atoms with Gasteiger partial charge in [-0.1, -0.05) is 48.8 Å². The maximum absolute atomic E-state index is 5.26. The van der Waals surface area contributed by atoms with Crippen LogP contribution in [0.4, 0.5) is 0 Å². The molecule has 5 nitrogen and oxygen atoms in total. The van der Waals surface area contributed by atoms with Crippen LogP contribution in [0.1, 0.15) is 54.7 Å². The monoisotopic (exact) mass is 382 g/mol. The highest BCUT2D eigenvalue weighted by Crippen LogP contribution is 2.34. The molecule has 0 bridgehead atoms. The number of aliphatic imine (C=N–C) groups is 1. The van der Waals surface area contributed by atoms with Gasteiger partial charge in [-0.2, -0.15) is 0 Å². The fraction of sp³-hybridized carbons (Fsp3) is 0.565. The molecule has 2 aromatic rings. The van der Waals surface area contributed by atoms with Gasteiger partial charge in [0.15, 0.2) is 5.96 Å². The van der Waals surface area contributed by atoms with Crippen LogP contribution in [-0.2, 0) is 6.42 Å². The smallest absolute Gasteiger partial charge is 0.193 e. The van der Waals surface area contributed by atoms with E-state index in [9.17, 15) is 0 Å². The summed E-state index contributed by atoms with van der Waals surface area (Å²) < 4.78 is 5.26. The molecular formula is C23H34N4O. The number of benzene rings is 1. The predicted octanol–water partition coefficient (Wildman–Crippen LogP) is 4.32. The molecule has 0 aliphatic carbocycles. The SMILES string of the molecule is CCC1CN(C(=NC)NCCCc2c(C)noc2C)CCC1c1ccccc1. The van der Waals surface area contributed by atoms with Gasteiger partial charge in [0.25, 0.3) is 0 Å². The zero-order valence-corrected chi connectivity index (χ0v) is 17.7. The normalized spacial score (nSPS) is 20.4. The minimum absolute atomic E-state index is 0.653. The molecule has 0 saturated carbocycles. The molecule has 1 fully saturated rings. The molecule has 1 aromatic heterocycles. The molecule has 3 rings (SSSR count). The Morgan fingerprint density at radius 2 is 2.07 bits per heavy atom. The van der Waals surface area contributed by atoms with Crippen molar-refractivity contribution < 1.29 is 4.52 Å².